The van der Waals surface area contributed by atoms with E-state index in [9.17, 15) is 0 Å². The van der Waals surface area contributed by atoms with Crippen molar-refractivity contribution in [1.82, 2.24) is 5.32 Å². The van der Waals surface area contributed by atoms with E-state index >= 15 is 0 Å². The molecule has 1 N–H and O–H groups in total. The van der Waals surface area contributed by atoms with Gasteiger partial charge in [0.1, 0.15) is 0 Å². The Morgan fingerprint density at radius 3 is 2.20 bits per heavy atom. The van der Waals surface area contributed by atoms with E-state index in [4.69, 9.17) is 4.74 Å². The van der Waals surface area contributed by atoms with E-state index in [1.54, 1.807) is 0 Å². The smallest absolute Gasteiger partial charge is 0.0839 e. The van der Waals surface area contributed by atoms with Crippen LogP contribution in [-0.4, -0.2) is 24.3 Å². The SMILES string of the molecule is CC1(C2(C)CNCC3(CCCC3)O2)CC1. The van der Waals surface area contributed by atoms with Crippen LogP contribution < -0.4 is 5.32 Å². The van der Waals surface area contributed by atoms with Crippen LogP contribution >= 0.6 is 0 Å². The van der Waals surface area contributed by atoms with Gasteiger partial charge in [0.2, 0.25) is 0 Å². The van der Waals surface area contributed by atoms with Gasteiger partial charge in [-0.15, -0.1) is 0 Å². The van der Waals surface area contributed by atoms with Gasteiger partial charge in [0.15, 0.2) is 0 Å². The Hall–Kier alpha value is -0.0800. The highest BCUT2D eigenvalue weighted by molar-refractivity contribution is 5.10. The van der Waals surface area contributed by atoms with E-state index in [1.165, 1.54) is 38.5 Å². The minimum Gasteiger partial charge on any atom is -0.366 e. The molecule has 3 fully saturated rings. The summed E-state index contributed by atoms with van der Waals surface area (Å²) in [6.45, 7) is 6.85. The third kappa shape index (κ3) is 1.45. The summed E-state index contributed by atoms with van der Waals surface area (Å²) >= 11 is 0. The summed E-state index contributed by atoms with van der Waals surface area (Å²) in [5.74, 6) is 0. The number of hydrogen-bond acceptors (Lipinski definition) is 2. The zero-order valence-corrected chi connectivity index (χ0v) is 10.1. The van der Waals surface area contributed by atoms with Crippen LogP contribution in [-0.2, 0) is 4.74 Å². The number of rotatable bonds is 1. The fraction of sp³-hybridized carbons (Fsp3) is 1.00. The Balaban J connectivity index is 1.81. The van der Waals surface area contributed by atoms with E-state index in [-0.39, 0.29) is 11.2 Å². The molecule has 1 aliphatic heterocycles. The van der Waals surface area contributed by atoms with Gasteiger partial charge in [-0.1, -0.05) is 19.8 Å². The van der Waals surface area contributed by atoms with Gasteiger partial charge >= 0.3 is 0 Å². The van der Waals surface area contributed by atoms with Crippen molar-refractivity contribution in [3.05, 3.63) is 0 Å². The average Bonchev–Trinajstić information content (AvgIpc) is 2.80. The van der Waals surface area contributed by atoms with Crippen molar-refractivity contribution in [2.75, 3.05) is 13.1 Å². The zero-order chi connectivity index (χ0) is 10.6. The lowest BCUT2D eigenvalue weighted by Crippen LogP contribution is -2.61. The third-order valence-electron chi connectivity index (χ3n) is 5.14. The second kappa shape index (κ2) is 2.98. The van der Waals surface area contributed by atoms with Crippen molar-refractivity contribution in [3.63, 3.8) is 0 Å². The molecule has 0 amide bonds. The van der Waals surface area contributed by atoms with Crippen molar-refractivity contribution in [2.45, 2.75) is 63.6 Å². The highest BCUT2D eigenvalue weighted by Crippen LogP contribution is 2.57. The summed E-state index contributed by atoms with van der Waals surface area (Å²) in [6.07, 6.45) is 7.95. The van der Waals surface area contributed by atoms with E-state index in [0.717, 1.165) is 13.1 Å². The lowest BCUT2D eigenvalue weighted by atomic mass is 9.83. The monoisotopic (exact) mass is 209 g/mol. The molecule has 0 aromatic carbocycles. The molecule has 86 valence electrons. The Morgan fingerprint density at radius 1 is 0.933 bits per heavy atom. The molecule has 1 atom stereocenters. The molecule has 15 heavy (non-hydrogen) atoms. The van der Waals surface area contributed by atoms with Gasteiger partial charge in [-0.2, -0.15) is 0 Å². The predicted octanol–water partition coefficient (Wildman–Crippen LogP) is 2.48. The summed E-state index contributed by atoms with van der Waals surface area (Å²) in [6, 6.07) is 0. The molecule has 2 aliphatic carbocycles. The summed E-state index contributed by atoms with van der Waals surface area (Å²) in [5.41, 5.74) is 0.740. The van der Waals surface area contributed by atoms with Gasteiger partial charge in [0, 0.05) is 13.1 Å². The second-order valence-corrected chi connectivity index (χ2v) is 6.39. The Bertz CT molecular complexity index is 266. The van der Waals surface area contributed by atoms with Crippen molar-refractivity contribution >= 4 is 0 Å². The molecule has 3 aliphatic rings. The average molecular weight is 209 g/mol. The first kappa shape index (κ1) is 10.1. The van der Waals surface area contributed by atoms with Gasteiger partial charge in [0.05, 0.1) is 11.2 Å². The van der Waals surface area contributed by atoms with E-state index in [1.807, 2.05) is 0 Å². The standard InChI is InChI=1S/C13H23NO/c1-11(7-8-11)12(2)9-14-10-13(15-12)5-3-4-6-13/h14H,3-10H2,1-2H3. The molecular formula is C13H23NO. The number of ether oxygens (including phenoxy) is 1. The normalized spacial score (nSPS) is 42.0. The van der Waals surface area contributed by atoms with Crippen LogP contribution in [0.2, 0.25) is 0 Å². The van der Waals surface area contributed by atoms with Crippen LogP contribution in [0.15, 0.2) is 0 Å². The Kier molecular flexibility index (Phi) is 2.01. The van der Waals surface area contributed by atoms with Gasteiger partial charge in [-0.25, -0.2) is 0 Å². The third-order valence-corrected chi connectivity index (χ3v) is 5.14. The van der Waals surface area contributed by atoms with Crippen molar-refractivity contribution in [1.29, 1.82) is 0 Å². The first-order valence-electron chi connectivity index (χ1n) is 6.49. The summed E-state index contributed by atoms with van der Waals surface area (Å²) in [4.78, 5) is 0. The van der Waals surface area contributed by atoms with E-state index < -0.39 is 0 Å². The summed E-state index contributed by atoms with van der Waals surface area (Å²) in [5, 5.41) is 3.63. The molecule has 1 unspecified atom stereocenters. The Morgan fingerprint density at radius 2 is 1.60 bits per heavy atom. The molecule has 3 rings (SSSR count). The van der Waals surface area contributed by atoms with Crippen LogP contribution in [0.3, 0.4) is 0 Å². The van der Waals surface area contributed by atoms with Gasteiger partial charge in [-0.3, -0.25) is 0 Å². The molecule has 2 heteroatoms. The molecular weight excluding hydrogens is 186 g/mol. The van der Waals surface area contributed by atoms with Crippen molar-refractivity contribution in [2.24, 2.45) is 5.41 Å². The fourth-order valence-corrected chi connectivity index (χ4v) is 3.43. The predicted molar refractivity (Wildman–Crippen MR) is 60.9 cm³/mol. The minimum absolute atomic E-state index is 0.0928. The van der Waals surface area contributed by atoms with E-state index in [2.05, 4.69) is 19.2 Å². The zero-order valence-electron chi connectivity index (χ0n) is 10.1. The fourth-order valence-electron chi connectivity index (χ4n) is 3.43. The van der Waals surface area contributed by atoms with Crippen molar-refractivity contribution in [3.8, 4) is 0 Å². The lowest BCUT2D eigenvalue weighted by Gasteiger charge is -2.49. The topological polar surface area (TPSA) is 21.3 Å². The summed E-state index contributed by atoms with van der Waals surface area (Å²) in [7, 11) is 0. The largest absolute Gasteiger partial charge is 0.366 e. The molecule has 0 radical (unpaired) electrons. The lowest BCUT2D eigenvalue weighted by molar-refractivity contribution is -0.195. The van der Waals surface area contributed by atoms with Crippen LogP contribution in [0.25, 0.3) is 0 Å². The first-order chi connectivity index (χ1) is 7.08. The van der Waals surface area contributed by atoms with Gasteiger partial charge in [0.25, 0.3) is 0 Å². The molecule has 0 bridgehead atoms. The van der Waals surface area contributed by atoms with Crippen LogP contribution in [0, 0.1) is 5.41 Å². The van der Waals surface area contributed by atoms with Crippen LogP contribution in [0.5, 0.6) is 0 Å². The maximum absolute atomic E-state index is 6.59. The maximum atomic E-state index is 6.59. The van der Waals surface area contributed by atoms with Gasteiger partial charge < -0.3 is 10.1 Å². The second-order valence-electron chi connectivity index (χ2n) is 6.39. The van der Waals surface area contributed by atoms with Crippen molar-refractivity contribution < 1.29 is 4.74 Å². The van der Waals surface area contributed by atoms with Crippen LogP contribution in [0.4, 0.5) is 0 Å². The number of morpholine rings is 1. The maximum Gasteiger partial charge on any atom is 0.0839 e. The molecule has 2 saturated carbocycles. The molecule has 1 saturated heterocycles. The highest BCUT2D eigenvalue weighted by Gasteiger charge is 2.58. The molecule has 1 spiro atoms. The molecule has 0 aromatic rings. The first-order valence-corrected chi connectivity index (χ1v) is 6.49. The van der Waals surface area contributed by atoms with Gasteiger partial charge in [-0.05, 0) is 38.0 Å². The quantitative estimate of drug-likeness (QED) is 0.716. The van der Waals surface area contributed by atoms with E-state index in [0.29, 0.717) is 5.41 Å². The highest BCUT2D eigenvalue weighted by atomic mass is 16.5. The molecule has 2 nitrogen and oxygen atoms in total. The molecule has 0 aromatic heterocycles. The number of hydrogen-bond donors (Lipinski definition) is 1. The Labute approximate surface area is 92.8 Å². The number of nitrogens with one attached hydrogen (secondary N) is 1. The molecule has 1 heterocycles. The summed E-state index contributed by atoms with van der Waals surface area (Å²) < 4.78 is 6.59. The minimum atomic E-state index is 0.0928. The van der Waals surface area contributed by atoms with Crippen LogP contribution in [0.1, 0.15) is 52.4 Å².